The number of hydrogen-bond acceptors (Lipinski definition) is 3. The first-order valence-electron chi connectivity index (χ1n) is 9.19. The van der Waals surface area contributed by atoms with E-state index in [1.807, 2.05) is 0 Å². The zero-order chi connectivity index (χ0) is 15.2. The summed E-state index contributed by atoms with van der Waals surface area (Å²) in [6.07, 6.45) is 12.2. The van der Waals surface area contributed by atoms with Crippen LogP contribution in [0.15, 0.2) is 12.2 Å². The van der Waals surface area contributed by atoms with Crippen LogP contribution in [0.3, 0.4) is 0 Å². The average Bonchev–Trinajstić information content (AvgIpc) is 2.58. The summed E-state index contributed by atoms with van der Waals surface area (Å²) < 4.78 is 0. The molecule has 0 aromatic rings. The molecule has 124 valence electrons. The van der Waals surface area contributed by atoms with Gasteiger partial charge in [0.1, 0.15) is 0 Å². The molecule has 2 fully saturated rings. The summed E-state index contributed by atoms with van der Waals surface area (Å²) in [6, 6.07) is 0. The Balaban J connectivity index is 1.36. The van der Waals surface area contributed by atoms with Gasteiger partial charge in [-0.05, 0) is 44.4 Å². The Morgan fingerprint density at radius 1 is 0.909 bits per heavy atom. The van der Waals surface area contributed by atoms with Crippen molar-refractivity contribution in [1.29, 1.82) is 0 Å². The number of carbonyl (C=O) groups excluding carboxylic acids is 1. The highest BCUT2D eigenvalue weighted by atomic mass is 16.2. The van der Waals surface area contributed by atoms with Crippen molar-refractivity contribution in [3.63, 3.8) is 0 Å². The van der Waals surface area contributed by atoms with Gasteiger partial charge >= 0.3 is 0 Å². The molecule has 4 nitrogen and oxygen atoms in total. The van der Waals surface area contributed by atoms with Gasteiger partial charge in [0.2, 0.25) is 5.91 Å². The molecule has 1 atom stereocenters. The lowest BCUT2D eigenvalue weighted by atomic mass is 9.94. The largest absolute Gasteiger partial charge is 0.342 e. The second kappa shape index (κ2) is 8.11. The minimum absolute atomic E-state index is 0.352. The Morgan fingerprint density at radius 2 is 1.64 bits per heavy atom. The van der Waals surface area contributed by atoms with Crippen LogP contribution in [0.4, 0.5) is 0 Å². The number of amides is 1. The number of hydrogen-bond donors (Lipinski definition) is 0. The van der Waals surface area contributed by atoms with E-state index in [9.17, 15) is 4.79 Å². The van der Waals surface area contributed by atoms with E-state index in [1.165, 1.54) is 45.1 Å². The molecule has 4 heteroatoms. The number of likely N-dealkylation sites (tertiary alicyclic amines) is 1. The van der Waals surface area contributed by atoms with E-state index in [-0.39, 0.29) is 0 Å². The fourth-order valence-corrected chi connectivity index (χ4v) is 3.95. The summed E-state index contributed by atoms with van der Waals surface area (Å²) in [4.78, 5) is 19.4. The SMILES string of the molecule is O=C(CN1CCN(C[C@@H]2CC=CCC2)CC1)N1CCCCC1. The lowest BCUT2D eigenvalue weighted by Crippen LogP contribution is -2.51. The van der Waals surface area contributed by atoms with Crippen molar-refractivity contribution >= 4 is 5.91 Å². The first-order chi connectivity index (χ1) is 10.8. The standard InChI is InChI=1S/C18H31N3O/c22-18(21-9-5-2-6-10-21)16-20-13-11-19(12-14-20)15-17-7-3-1-4-8-17/h1,3,17H,2,4-16H2/t17-/m1/s1. The molecule has 2 heterocycles. The van der Waals surface area contributed by atoms with E-state index in [0.29, 0.717) is 12.5 Å². The Labute approximate surface area is 135 Å². The van der Waals surface area contributed by atoms with E-state index >= 15 is 0 Å². The highest BCUT2D eigenvalue weighted by Gasteiger charge is 2.24. The van der Waals surface area contributed by atoms with Crippen LogP contribution in [0.5, 0.6) is 0 Å². The van der Waals surface area contributed by atoms with Gasteiger partial charge in [0.05, 0.1) is 6.54 Å². The Morgan fingerprint density at radius 3 is 2.32 bits per heavy atom. The summed E-state index contributed by atoms with van der Waals surface area (Å²) >= 11 is 0. The molecule has 1 aliphatic carbocycles. The molecule has 1 amide bonds. The maximum atomic E-state index is 12.3. The number of piperidine rings is 1. The smallest absolute Gasteiger partial charge is 0.236 e. The molecule has 0 saturated carbocycles. The fourth-order valence-electron chi connectivity index (χ4n) is 3.95. The quantitative estimate of drug-likeness (QED) is 0.743. The molecule has 2 saturated heterocycles. The van der Waals surface area contributed by atoms with Gasteiger partial charge < -0.3 is 9.80 Å². The van der Waals surface area contributed by atoms with Gasteiger partial charge in [-0.2, -0.15) is 0 Å². The summed E-state index contributed by atoms with van der Waals surface area (Å²) in [5.74, 6) is 1.21. The molecule has 0 spiro atoms. The van der Waals surface area contributed by atoms with Crippen molar-refractivity contribution in [2.24, 2.45) is 5.92 Å². The molecule has 0 radical (unpaired) electrons. The molecule has 3 rings (SSSR count). The molecule has 0 N–H and O–H groups in total. The normalized spacial score (nSPS) is 28.0. The molecule has 0 aromatic heterocycles. The second-order valence-electron chi connectivity index (χ2n) is 7.17. The number of piperazine rings is 1. The van der Waals surface area contributed by atoms with Crippen LogP contribution in [0.1, 0.15) is 38.5 Å². The van der Waals surface area contributed by atoms with Crippen LogP contribution in [-0.4, -0.2) is 73.0 Å². The van der Waals surface area contributed by atoms with Gasteiger partial charge in [0.25, 0.3) is 0 Å². The topological polar surface area (TPSA) is 26.8 Å². The van der Waals surface area contributed by atoms with Crippen LogP contribution < -0.4 is 0 Å². The molecule has 3 aliphatic rings. The lowest BCUT2D eigenvalue weighted by Gasteiger charge is -2.37. The predicted octanol–water partition coefficient (Wildman–Crippen LogP) is 1.97. The average molecular weight is 305 g/mol. The molecule has 2 aliphatic heterocycles. The molecular weight excluding hydrogens is 274 g/mol. The third kappa shape index (κ3) is 4.56. The van der Waals surface area contributed by atoms with E-state index in [0.717, 1.165) is 45.2 Å². The minimum atomic E-state index is 0.352. The lowest BCUT2D eigenvalue weighted by molar-refractivity contribution is -0.133. The third-order valence-corrected chi connectivity index (χ3v) is 5.43. The molecule has 22 heavy (non-hydrogen) atoms. The highest BCUT2D eigenvalue weighted by Crippen LogP contribution is 2.20. The van der Waals surface area contributed by atoms with Gasteiger partial charge in [-0.3, -0.25) is 9.69 Å². The van der Waals surface area contributed by atoms with E-state index in [4.69, 9.17) is 0 Å². The molecule has 0 bridgehead atoms. The van der Waals surface area contributed by atoms with E-state index < -0.39 is 0 Å². The maximum absolute atomic E-state index is 12.3. The van der Waals surface area contributed by atoms with Crippen molar-refractivity contribution in [2.45, 2.75) is 38.5 Å². The van der Waals surface area contributed by atoms with Crippen LogP contribution in [0.2, 0.25) is 0 Å². The fraction of sp³-hybridized carbons (Fsp3) is 0.833. The Bertz CT molecular complexity index is 382. The summed E-state index contributed by atoms with van der Waals surface area (Å²) in [5, 5.41) is 0. The van der Waals surface area contributed by atoms with Crippen LogP contribution >= 0.6 is 0 Å². The monoisotopic (exact) mass is 305 g/mol. The van der Waals surface area contributed by atoms with E-state index in [2.05, 4.69) is 26.9 Å². The first-order valence-corrected chi connectivity index (χ1v) is 9.19. The van der Waals surface area contributed by atoms with Crippen molar-refractivity contribution in [3.8, 4) is 0 Å². The molecule has 0 aromatic carbocycles. The number of carbonyl (C=O) groups is 1. The van der Waals surface area contributed by atoms with Gasteiger partial charge in [-0.1, -0.05) is 12.2 Å². The highest BCUT2D eigenvalue weighted by molar-refractivity contribution is 5.78. The van der Waals surface area contributed by atoms with Crippen LogP contribution in [-0.2, 0) is 4.79 Å². The summed E-state index contributed by atoms with van der Waals surface area (Å²) in [5.41, 5.74) is 0. The van der Waals surface area contributed by atoms with Gasteiger partial charge in [-0.25, -0.2) is 0 Å². The number of rotatable bonds is 4. The Hall–Kier alpha value is -0.870. The number of allylic oxidation sites excluding steroid dienone is 2. The van der Waals surface area contributed by atoms with Crippen molar-refractivity contribution < 1.29 is 4.79 Å². The molecule has 0 unspecified atom stereocenters. The second-order valence-corrected chi connectivity index (χ2v) is 7.17. The zero-order valence-electron chi connectivity index (χ0n) is 13.9. The van der Waals surface area contributed by atoms with Crippen molar-refractivity contribution in [3.05, 3.63) is 12.2 Å². The van der Waals surface area contributed by atoms with E-state index in [1.54, 1.807) is 0 Å². The van der Waals surface area contributed by atoms with Gasteiger partial charge in [-0.15, -0.1) is 0 Å². The van der Waals surface area contributed by atoms with Gasteiger partial charge in [0.15, 0.2) is 0 Å². The Kier molecular flexibility index (Phi) is 5.90. The summed E-state index contributed by atoms with van der Waals surface area (Å²) in [6.45, 7) is 8.23. The third-order valence-electron chi connectivity index (χ3n) is 5.43. The van der Waals surface area contributed by atoms with Crippen molar-refractivity contribution in [1.82, 2.24) is 14.7 Å². The molecular formula is C18H31N3O. The maximum Gasteiger partial charge on any atom is 0.236 e. The first kappa shape index (κ1) is 16.0. The minimum Gasteiger partial charge on any atom is -0.342 e. The number of nitrogens with zero attached hydrogens (tertiary/aromatic N) is 3. The summed E-state index contributed by atoms with van der Waals surface area (Å²) in [7, 11) is 0. The predicted molar refractivity (Wildman–Crippen MR) is 89.8 cm³/mol. The van der Waals surface area contributed by atoms with Crippen molar-refractivity contribution in [2.75, 3.05) is 52.4 Å². The van der Waals surface area contributed by atoms with Gasteiger partial charge in [0, 0.05) is 45.8 Å². The van der Waals surface area contributed by atoms with Crippen LogP contribution in [0.25, 0.3) is 0 Å². The zero-order valence-corrected chi connectivity index (χ0v) is 13.9. The van der Waals surface area contributed by atoms with Crippen LogP contribution in [0, 0.1) is 5.92 Å².